The maximum absolute atomic E-state index is 5.47. The molecule has 4 aromatic heterocycles. The van der Waals surface area contributed by atoms with E-state index >= 15 is 0 Å². The second-order valence-electron chi connectivity index (χ2n) is 14.2. The number of imidazole rings is 2. The van der Waals surface area contributed by atoms with Gasteiger partial charge in [0.05, 0.1) is 16.8 Å². The Balaban J connectivity index is 0.00000357. The Morgan fingerprint density at radius 2 is 0.778 bits per heavy atom. The molecular formula is C38H40N6Pt. The van der Waals surface area contributed by atoms with Crippen LogP contribution >= 0.6 is 0 Å². The monoisotopic (exact) mass is 775 g/mol. The zero-order valence-corrected chi connectivity index (χ0v) is 29.5. The molecule has 6 nitrogen and oxygen atoms in total. The van der Waals surface area contributed by atoms with Crippen LogP contribution in [0.25, 0.3) is 11.4 Å². The molecule has 0 aliphatic carbocycles. The van der Waals surface area contributed by atoms with Crippen LogP contribution in [0.15, 0.2) is 97.3 Å². The van der Waals surface area contributed by atoms with Crippen LogP contribution in [0.4, 0.5) is 0 Å². The number of benzene rings is 2. The summed E-state index contributed by atoms with van der Waals surface area (Å²) < 4.78 is 4.48. The van der Waals surface area contributed by atoms with Gasteiger partial charge in [0.1, 0.15) is 11.6 Å². The van der Waals surface area contributed by atoms with E-state index in [9.17, 15) is 0 Å². The van der Waals surface area contributed by atoms with E-state index in [0.717, 1.165) is 57.2 Å². The van der Waals surface area contributed by atoms with Crippen molar-refractivity contribution < 1.29 is 21.1 Å². The van der Waals surface area contributed by atoms with Crippen LogP contribution in [0.5, 0.6) is 0 Å². The van der Waals surface area contributed by atoms with Gasteiger partial charge in [-0.1, -0.05) is 102 Å². The quantitative estimate of drug-likeness (QED) is 0.182. The first-order valence-corrected chi connectivity index (χ1v) is 15.4. The predicted octanol–water partition coefficient (Wildman–Crippen LogP) is 7.59. The van der Waals surface area contributed by atoms with Gasteiger partial charge in [-0.25, -0.2) is 9.97 Å². The van der Waals surface area contributed by atoms with Crippen LogP contribution in [-0.4, -0.2) is 19.1 Å². The van der Waals surface area contributed by atoms with Crippen molar-refractivity contribution in [1.29, 1.82) is 0 Å². The van der Waals surface area contributed by atoms with Crippen LogP contribution in [0, 0.1) is 0 Å². The maximum atomic E-state index is 5.47. The van der Waals surface area contributed by atoms with Crippen LogP contribution < -0.4 is 9.97 Å². The first-order valence-electron chi connectivity index (χ1n) is 15.4. The predicted molar refractivity (Wildman–Crippen MR) is 175 cm³/mol. The average Bonchev–Trinajstić information content (AvgIpc) is 3.82. The Bertz CT molecular complexity index is 1820. The van der Waals surface area contributed by atoms with Gasteiger partial charge in [0.2, 0.25) is 0 Å². The largest absolute Gasteiger partial charge is 2.00 e. The van der Waals surface area contributed by atoms with Gasteiger partial charge in [-0.3, -0.25) is 0 Å². The average molecular weight is 776 g/mol. The van der Waals surface area contributed by atoms with Gasteiger partial charge in [0.25, 0.3) is 0 Å². The molecule has 1 aliphatic heterocycles. The topological polar surface area (TPSA) is 63.8 Å². The fraction of sp³-hybridized carbons (Fsp3) is 0.316. The van der Waals surface area contributed by atoms with Crippen molar-refractivity contribution in [2.45, 2.75) is 77.0 Å². The van der Waals surface area contributed by atoms with Gasteiger partial charge in [0.15, 0.2) is 0 Å². The molecule has 0 spiro atoms. The van der Waals surface area contributed by atoms with Crippen molar-refractivity contribution in [1.82, 2.24) is 29.1 Å². The normalized spacial score (nSPS) is 17.4. The fourth-order valence-electron chi connectivity index (χ4n) is 6.43. The molecule has 6 aromatic rings. The molecule has 0 unspecified atom stereocenters. The Labute approximate surface area is 280 Å². The summed E-state index contributed by atoms with van der Waals surface area (Å²) in [5.41, 5.74) is 6.22. The van der Waals surface area contributed by atoms with E-state index < -0.39 is 16.2 Å². The minimum atomic E-state index is -0.581. The number of hydrogen-bond donors (Lipinski definition) is 0. The van der Waals surface area contributed by atoms with E-state index in [1.54, 1.807) is 0 Å². The number of para-hydroxylation sites is 2. The molecule has 0 radical (unpaired) electrons. The SMILES string of the molecule is CC1(C)c2cn(-c3ccccc3)c(n2)C(C)(C)c2nc(cn2-c2ccccc2)C(C)(C)c2ccc([n-]2)C(C)(C)c2ccc1[n-]2.[Pt+2]. The zero-order chi connectivity index (χ0) is 31.1. The molecule has 0 amide bonds. The number of hydrogen-bond acceptors (Lipinski definition) is 2. The molecule has 45 heavy (non-hydrogen) atoms. The van der Waals surface area contributed by atoms with E-state index in [1.807, 2.05) is 12.1 Å². The second-order valence-corrected chi connectivity index (χ2v) is 14.2. The number of rotatable bonds is 2. The first kappa shape index (κ1) is 31.1. The summed E-state index contributed by atoms with van der Waals surface area (Å²) in [6, 6.07) is 29.6. The Hall–Kier alpha value is -3.89. The van der Waals surface area contributed by atoms with Gasteiger partial charge in [-0.05, 0) is 43.5 Å². The molecule has 2 aromatic carbocycles. The van der Waals surface area contributed by atoms with Gasteiger partial charge in [0, 0.05) is 34.6 Å². The second kappa shape index (κ2) is 10.6. The minimum absolute atomic E-state index is 0. The molecule has 7 rings (SSSR count). The Morgan fingerprint density at radius 1 is 0.444 bits per heavy atom. The molecule has 5 heterocycles. The van der Waals surface area contributed by atoms with Gasteiger partial charge >= 0.3 is 21.1 Å². The third-order valence-electron chi connectivity index (χ3n) is 9.72. The van der Waals surface area contributed by atoms with E-state index in [4.69, 9.17) is 19.9 Å². The summed E-state index contributed by atoms with van der Waals surface area (Å²) in [7, 11) is 0. The number of nitrogens with zero attached hydrogens (tertiary/aromatic N) is 6. The molecule has 0 saturated heterocycles. The summed E-state index contributed by atoms with van der Waals surface area (Å²) in [5, 5.41) is 0. The summed E-state index contributed by atoms with van der Waals surface area (Å²) in [6.07, 6.45) is 4.38. The minimum Gasteiger partial charge on any atom is -0.663 e. The van der Waals surface area contributed by atoms with Crippen molar-refractivity contribution in [3.63, 3.8) is 0 Å². The third-order valence-corrected chi connectivity index (χ3v) is 9.72. The number of fused-ring (bicyclic) bond motifs is 8. The van der Waals surface area contributed by atoms with E-state index in [-0.39, 0.29) is 26.5 Å². The third kappa shape index (κ3) is 4.80. The Kier molecular flexibility index (Phi) is 7.32. The van der Waals surface area contributed by atoms with E-state index in [1.165, 1.54) is 0 Å². The molecule has 0 saturated carbocycles. The summed E-state index contributed by atoms with van der Waals surface area (Å²) in [5.74, 6) is 1.85. The maximum Gasteiger partial charge on any atom is 2.00 e. The van der Waals surface area contributed by atoms with Crippen molar-refractivity contribution in [2.24, 2.45) is 0 Å². The molecule has 0 N–H and O–H groups in total. The molecule has 0 atom stereocenters. The van der Waals surface area contributed by atoms with Gasteiger partial charge in [-0.15, -0.1) is 11.4 Å². The van der Waals surface area contributed by atoms with Gasteiger partial charge in [-0.2, -0.15) is 11.4 Å². The van der Waals surface area contributed by atoms with Crippen LogP contribution in [0.3, 0.4) is 0 Å². The molecule has 7 heteroatoms. The summed E-state index contributed by atoms with van der Waals surface area (Å²) in [6.45, 7) is 17.7. The first-order chi connectivity index (χ1) is 20.8. The smallest absolute Gasteiger partial charge is 0.663 e. The molecule has 1 aliphatic rings. The fourth-order valence-corrected chi connectivity index (χ4v) is 6.43. The molecular weight excluding hydrogens is 736 g/mol. The number of aromatic nitrogens is 6. The Morgan fingerprint density at radius 3 is 1.13 bits per heavy atom. The van der Waals surface area contributed by atoms with Crippen molar-refractivity contribution in [3.8, 4) is 11.4 Å². The van der Waals surface area contributed by atoms with Crippen LogP contribution in [-0.2, 0) is 42.7 Å². The summed E-state index contributed by atoms with van der Waals surface area (Å²) >= 11 is 0. The van der Waals surface area contributed by atoms with E-state index in [0.29, 0.717) is 0 Å². The summed E-state index contributed by atoms with van der Waals surface area (Å²) in [4.78, 5) is 21.4. The zero-order valence-electron chi connectivity index (χ0n) is 27.2. The van der Waals surface area contributed by atoms with E-state index in [2.05, 4.69) is 150 Å². The molecule has 8 bridgehead atoms. The molecule has 0 fully saturated rings. The van der Waals surface area contributed by atoms with Gasteiger partial charge < -0.3 is 19.1 Å². The molecule has 232 valence electrons. The van der Waals surface area contributed by atoms with Crippen LogP contribution in [0.2, 0.25) is 0 Å². The standard InChI is InChI=1S/C38H40N6.Pt/c1-35(2)27-19-21-29(39-27)36(3,4)31-23-43(25-15-11-9-12-16-25)33(41-31)38(7,8)34-42-32(24-44(34)26-17-13-10-14-18-26)37(5,6)30-22-20-28(35)40-30;/h9-24H,1-8H3;/q-2;+2. The van der Waals surface area contributed by atoms with Crippen molar-refractivity contribution in [2.75, 3.05) is 0 Å². The van der Waals surface area contributed by atoms with Crippen molar-refractivity contribution in [3.05, 3.63) is 143 Å². The van der Waals surface area contributed by atoms with Crippen LogP contribution in [0.1, 0.15) is 101 Å². The van der Waals surface area contributed by atoms with Crippen molar-refractivity contribution >= 4 is 0 Å².